The van der Waals surface area contributed by atoms with Gasteiger partial charge >= 0.3 is 0 Å². The molecule has 2 aromatic heterocycles. The van der Waals surface area contributed by atoms with Gasteiger partial charge in [0.25, 0.3) is 5.56 Å². The van der Waals surface area contributed by atoms with E-state index in [1.807, 2.05) is 24.3 Å². The largest absolute Gasteiger partial charge is 0.441 e. The van der Waals surface area contributed by atoms with Crippen molar-refractivity contribution in [2.45, 2.75) is 30.7 Å². The molecule has 25 heavy (non-hydrogen) atoms. The minimum Gasteiger partial charge on any atom is -0.441 e. The fourth-order valence-electron chi connectivity index (χ4n) is 2.29. The van der Waals surface area contributed by atoms with E-state index in [1.165, 1.54) is 17.8 Å². The number of aromatic nitrogens is 3. The molecule has 0 aliphatic heterocycles. The van der Waals surface area contributed by atoms with Crippen molar-refractivity contribution in [2.24, 2.45) is 0 Å². The molecule has 0 spiro atoms. The monoisotopic (exact) mass is 358 g/mol. The van der Waals surface area contributed by atoms with Crippen LogP contribution in [0.5, 0.6) is 0 Å². The molecule has 0 bridgehead atoms. The minimum atomic E-state index is -0.381. The van der Waals surface area contributed by atoms with E-state index in [0.29, 0.717) is 29.7 Å². The summed E-state index contributed by atoms with van der Waals surface area (Å²) in [5, 5.41) is 2.90. The number of carbonyl (C=O) groups excluding carboxylic acids is 1. The molecular weight excluding hydrogens is 340 g/mol. The highest BCUT2D eigenvalue weighted by Crippen LogP contribution is 2.18. The first-order valence-electron chi connectivity index (χ1n) is 7.88. The standard InChI is InChI=1S/C17H18N4O3S/c1-10-9-14(22)21-17(19-10)25-11(2)16(23)18-8-7-15-20-12-5-3-4-6-13(12)24-15/h3-6,9,11H,7-8H2,1-2H3,(H,18,23)(H,19,21,22)/t11-/m0/s1. The molecule has 2 heterocycles. The van der Waals surface area contributed by atoms with Crippen LogP contribution in [0.25, 0.3) is 11.1 Å². The fourth-order valence-corrected chi connectivity index (χ4v) is 3.17. The van der Waals surface area contributed by atoms with Crippen LogP contribution >= 0.6 is 11.8 Å². The van der Waals surface area contributed by atoms with Crippen molar-refractivity contribution >= 4 is 28.8 Å². The molecule has 0 saturated heterocycles. The van der Waals surface area contributed by atoms with Gasteiger partial charge in [-0.3, -0.25) is 9.59 Å². The lowest BCUT2D eigenvalue weighted by atomic mass is 10.3. The maximum atomic E-state index is 12.2. The number of oxazole rings is 1. The summed E-state index contributed by atoms with van der Waals surface area (Å²) in [6.07, 6.45) is 0.511. The van der Waals surface area contributed by atoms with Crippen molar-refractivity contribution in [1.82, 2.24) is 20.3 Å². The van der Waals surface area contributed by atoms with Gasteiger partial charge in [-0.05, 0) is 26.0 Å². The number of H-pyrrole nitrogens is 1. The third-order valence-corrected chi connectivity index (χ3v) is 4.47. The van der Waals surface area contributed by atoms with E-state index < -0.39 is 0 Å². The number of benzene rings is 1. The minimum absolute atomic E-state index is 0.134. The third kappa shape index (κ3) is 4.48. The predicted molar refractivity (Wildman–Crippen MR) is 95.6 cm³/mol. The average molecular weight is 358 g/mol. The molecular formula is C17H18N4O3S. The number of carbonyl (C=O) groups is 1. The van der Waals surface area contributed by atoms with Gasteiger partial charge in [0, 0.05) is 24.7 Å². The SMILES string of the molecule is Cc1cc(=O)[nH]c(S[C@@H](C)C(=O)NCCc2nc3ccccc3o2)n1. The molecule has 0 saturated carbocycles. The lowest BCUT2D eigenvalue weighted by Crippen LogP contribution is -2.32. The van der Waals surface area contributed by atoms with Gasteiger partial charge in [0.2, 0.25) is 5.91 Å². The second kappa shape index (κ2) is 7.52. The predicted octanol–water partition coefficient (Wildman–Crippen LogP) is 2.06. The zero-order valence-corrected chi connectivity index (χ0v) is 14.7. The highest BCUT2D eigenvalue weighted by Gasteiger charge is 2.16. The van der Waals surface area contributed by atoms with Crippen LogP contribution in [-0.4, -0.2) is 32.7 Å². The van der Waals surface area contributed by atoms with Crippen LogP contribution in [0.2, 0.25) is 0 Å². The summed E-state index contributed by atoms with van der Waals surface area (Å²) in [4.78, 5) is 34.8. The average Bonchev–Trinajstić information content (AvgIpc) is 2.96. The molecule has 2 N–H and O–H groups in total. The number of amides is 1. The van der Waals surface area contributed by atoms with Gasteiger partial charge < -0.3 is 14.7 Å². The van der Waals surface area contributed by atoms with Gasteiger partial charge in [0.1, 0.15) is 5.52 Å². The summed E-state index contributed by atoms with van der Waals surface area (Å²) in [7, 11) is 0. The number of nitrogens with one attached hydrogen (secondary N) is 2. The van der Waals surface area contributed by atoms with Gasteiger partial charge in [-0.15, -0.1) is 0 Å². The Hall–Kier alpha value is -2.61. The molecule has 1 amide bonds. The van der Waals surface area contributed by atoms with Crippen molar-refractivity contribution in [2.75, 3.05) is 6.54 Å². The quantitative estimate of drug-likeness (QED) is 0.517. The lowest BCUT2D eigenvalue weighted by molar-refractivity contribution is -0.120. The van der Waals surface area contributed by atoms with Gasteiger partial charge in [-0.1, -0.05) is 23.9 Å². The molecule has 0 aliphatic rings. The molecule has 0 aliphatic carbocycles. The van der Waals surface area contributed by atoms with E-state index >= 15 is 0 Å². The first-order valence-corrected chi connectivity index (χ1v) is 8.76. The number of rotatable bonds is 6. The molecule has 130 valence electrons. The van der Waals surface area contributed by atoms with Crippen molar-refractivity contribution in [3.05, 3.63) is 52.3 Å². The smallest absolute Gasteiger partial charge is 0.251 e. The highest BCUT2D eigenvalue weighted by atomic mass is 32.2. The Morgan fingerprint density at radius 3 is 2.92 bits per heavy atom. The second-order valence-corrected chi connectivity index (χ2v) is 6.90. The molecule has 0 fully saturated rings. The Morgan fingerprint density at radius 1 is 1.36 bits per heavy atom. The summed E-state index contributed by atoms with van der Waals surface area (Å²) < 4.78 is 5.61. The normalized spacial score (nSPS) is 12.2. The Labute approximate surface area is 148 Å². The van der Waals surface area contributed by atoms with Crippen LogP contribution in [0.3, 0.4) is 0 Å². The lowest BCUT2D eigenvalue weighted by Gasteiger charge is -2.10. The topological polar surface area (TPSA) is 101 Å². The van der Waals surface area contributed by atoms with Crippen molar-refractivity contribution < 1.29 is 9.21 Å². The number of hydrogen-bond acceptors (Lipinski definition) is 6. The van der Waals surface area contributed by atoms with Crippen molar-refractivity contribution in [3.8, 4) is 0 Å². The van der Waals surface area contributed by atoms with Gasteiger partial charge in [0.05, 0.1) is 5.25 Å². The van der Waals surface area contributed by atoms with E-state index in [9.17, 15) is 9.59 Å². The van der Waals surface area contributed by atoms with Gasteiger partial charge in [-0.25, -0.2) is 9.97 Å². The second-order valence-electron chi connectivity index (χ2n) is 5.57. The molecule has 0 radical (unpaired) electrons. The van der Waals surface area contributed by atoms with Crippen LogP contribution in [0.1, 0.15) is 18.5 Å². The third-order valence-electron chi connectivity index (χ3n) is 3.48. The number of fused-ring (bicyclic) bond motifs is 1. The summed E-state index contributed by atoms with van der Waals surface area (Å²) in [5.74, 6) is 0.455. The number of para-hydroxylation sites is 2. The fraction of sp³-hybridized carbons (Fsp3) is 0.294. The Morgan fingerprint density at radius 2 is 2.16 bits per heavy atom. The van der Waals surface area contributed by atoms with E-state index in [2.05, 4.69) is 20.3 Å². The zero-order valence-electron chi connectivity index (χ0n) is 13.9. The number of nitrogens with zero attached hydrogens (tertiary/aromatic N) is 2. The highest BCUT2D eigenvalue weighted by molar-refractivity contribution is 8.00. The maximum Gasteiger partial charge on any atom is 0.251 e. The van der Waals surface area contributed by atoms with E-state index in [-0.39, 0.29) is 16.7 Å². The molecule has 3 rings (SSSR count). The number of thioether (sulfide) groups is 1. The van der Waals surface area contributed by atoms with E-state index in [1.54, 1.807) is 13.8 Å². The summed E-state index contributed by atoms with van der Waals surface area (Å²) in [6, 6.07) is 8.95. The number of aryl methyl sites for hydroxylation is 1. The molecule has 1 atom stereocenters. The Kier molecular flexibility index (Phi) is 5.18. The molecule has 3 aromatic rings. The van der Waals surface area contributed by atoms with Crippen LogP contribution in [-0.2, 0) is 11.2 Å². The van der Waals surface area contributed by atoms with Crippen molar-refractivity contribution in [1.29, 1.82) is 0 Å². The van der Waals surface area contributed by atoms with Crippen molar-refractivity contribution in [3.63, 3.8) is 0 Å². The van der Waals surface area contributed by atoms with E-state index in [4.69, 9.17) is 4.42 Å². The maximum absolute atomic E-state index is 12.2. The first-order chi connectivity index (χ1) is 12.0. The summed E-state index contributed by atoms with van der Waals surface area (Å²) >= 11 is 1.21. The molecule has 1 aromatic carbocycles. The Bertz CT molecular complexity index is 917. The molecule has 8 heteroatoms. The first kappa shape index (κ1) is 17.2. The van der Waals surface area contributed by atoms with Gasteiger partial charge in [0.15, 0.2) is 16.6 Å². The van der Waals surface area contributed by atoms with E-state index in [0.717, 1.165) is 11.1 Å². The summed E-state index contributed by atoms with van der Waals surface area (Å²) in [5.41, 5.74) is 1.94. The molecule has 0 unspecified atom stereocenters. The van der Waals surface area contributed by atoms with Crippen LogP contribution in [0.15, 0.2) is 44.7 Å². The summed E-state index contributed by atoms with van der Waals surface area (Å²) in [6.45, 7) is 3.93. The van der Waals surface area contributed by atoms with Crippen LogP contribution < -0.4 is 10.9 Å². The van der Waals surface area contributed by atoms with Gasteiger partial charge in [-0.2, -0.15) is 0 Å². The molecule has 7 nitrogen and oxygen atoms in total. The number of aromatic amines is 1. The zero-order chi connectivity index (χ0) is 17.8. The van der Waals surface area contributed by atoms with Crippen LogP contribution in [0, 0.1) is 6.92 Å². The van der Waals surface area contributed by atoms with Crippen LogP contribution in [0.4, 0.5) is 0 Å². The Balaban J connectivity index is 1.52. The number of hydrogen-bond donors (Lipinski definition) is 2.